The van der Waals surface area contributed by atoms with Crippen LogP contribution in [0.4, 0.5) is 0 Å². The van der Waals surface area contributed by atoms with Gasteiger partial charge in [0.15, 0.2) is 0 Å². The Morgan fingerprint density at radius 2 is 2.35 bits per heavy atom. The molecule has 0 radical (unpaired) electrons. The van der Waals surface area contributed by atoms with Gasteiger partial charge < -0.3 is 9.67 Å². The molecular weight excluding hydrogens is 230 g/mol. The van der Waals surface area contributed by atoms with E-state index < -0.39 is 0 Å². The molecule has 3 heteroatoms. The smallest absolute Gasteiger partial charge is 0.0807 e. The van der Waals surface area contributed by atoms with Crippen molar-refractivity contribution >= 4 is 11.8 Å². The minimum absolute atomic E-state index is 0.232. The summed E-state index contributed by atoms with van der Waals surface area (Å²) >= 11 is 1.99. The van der Waals surface area contributed by atoms with Crippen LogP contribution in [0, 0.1) is 6.92 Å². The molecule has 1 aliphatic carbocycles. The molecule has 1 aromatic rings. The first-order valence-electron chi connectivity index (χ1n) is 6.61. The van der Waals surface area contributed by atoms with Gasteiger partial charge in [-0.25, -0.2) is 0 Å². The lowest BCUT2D eigenvalue weighted by Crippen LogP contribution is -2.16. The molecule has 0 fully saturated rings. The topological polar surface area (TPSA) is 25.2 Å². The second-order valence-electron chi connectivity index (χ2n) is 4.97. The molecule has 0 amide bonds. The van der Waals surface area contributed by atoms with Gasteiger partial charge in [0.1, 0.15) is 0 Å². The van der Waals surface area contributed by atoms with Gasteiger partial charge >= 0.3 is 0 Å². The molecule has 17 heavy (non-hydrogen) atoms. The zero-order chi connectivity index (χ0) is 12.4. The van der Waals surface area contributed by atoms with Crippen LogP contribution >= 0.6 is 11.8 Å². The maximum atomic E-state index is 10.0. The quantitative estimate of drug-likeness (QED) is 0.888. The summed E-state index contributed by atoms with van der Waals surface area (Å²) in [5, 5.41) is 10.0. The van der Waals surface area contributed by atoms with Crippen LogP contribution in [0.5, 0.6) is 0 Å². The molecule has 1 aliphatic rings. The second kappa shape index (κ2) is 5.49. The van der Waals surface area contributed by atoms with Crippen molar-refractivity contribution in [3.05, 3.63) is 23.0 Å². The maximum Gasteiger partial charge on any atom is 0.0807 e. The largest absolute Gasteiger partial charge is 0.388 e. The van der Waals surface area contributed by atoms with E-state index in [-0.39, 0.29) is 6.10 Å². The Labute approximate surface area is 108 Å². The van der Waals surface area contributed by atoms with Gasteiger partial charge in [-0.1, -0.05) is 6.92 Å². The van der Waals surface area contributed by atoms with E-state index in [1.54, 1.807) is 0 Å². The van der Waals surface area contributed by atoms with Crippen molar-refractivity contribution < 1.29 is 5.11 Å². The highest BCUT2D eigenvalue weighted by Gasteiger charge is 2.24. The molecule has 0 aliphatic heterocycles. The molecule has 0 spiro atoms. The van der Waals surface area contributed by atoms with Crippen LogP contribution in [0.25, 0.3) is 0 Å². The van der Waals surface area contributed by atoms with Gasteiger partial charge in [0, 0.05) is 28.7 Å². The molecule has 2 unspecified atom stereocenters. The molecule has 96 valence electrons. The van der Waals surface area contributed by atoms with Gasteiger partial charge in [-0.2, -0.15) is 11.8 Å². The Kier molecular flexibility index (Phi) is 4.21. The molecule has 0 saturated carbocycles. The summed E-state index contributed by atoms with van der Waals surface area (Å²) in [6.45, 7) is 6.66. The summed E-state index contributed by atoms with van der Waals surface area (Å²) in [6.07, 6.45) is 2.94. The van der Waals surface area contributed by atoms with Gasteiger partial charge in [-0.3, -0.25) is 0 Å². The summed E-state index contributed by atoms with van der Waals surface area (Å²) in [7, 11) is 0. The summed E-state index contributed by atoms with van der Waals surface area (Å²) in [5.41, 5.74) is 3.87. The van der Waals surface area contributed by atoms with Gasteiger partial charge in [0.05, 0.1) is 6.10 Å². The molecule has 1 N–H and O–H groups in total. The van der Waals surface area contributed by atoms with Crippen molar-refractivity contribution in [3.63, 3.8) is 0 Å². The average molecular weight is 253 g/mol. The Hall–Kier alpha value is -0.410. The highest BCUT2D eigenvalue weighted by molar-refractivity contribution is 7.99. The fraction of sp³-hybridized carbons (Fsp3) is 0.714. The van der Waals surface area contributed by atoms with E-state index in [1.165, 1.54) is 22.7 Å². The normalized spacial score (nSPS) is 21.3. The first-order chi connectivity index (χ1) is 8.15. The number of thioether (sulfide) groups is 1. The van der Waals surface area contributed by atoms with E-state index in [0.29, 0.717) is 6.04 Å². The third-order valence-electron chi connectivity index (χ3n) is 3.62. The van der Waals surface area contributed by atoms with E-state index in [4.69, 9.17) is 0 Å². The third kappa shape index (κ3) is 2.55. The predicted octanol–water partition coefficient (Wildman–Crippen LogP) is 3.48. The second-order valence-corrected chi connectivity index (χ2v) is 6.29. The number of hydrogen-bond donors (Lipinski definition) is 1. The predicted molar refractivity (Wildman–Crippen MR) is 74.8 cm³/mol. The van der Waals surface area contributed by atoms with Crippen LogP contribution in [0.2, 0.25) is 0 Å². The third-order valence-corrected chi connectivity index (χ3v) is 4.75. The molecule has 0 aromatic carbocycles. The van der Waals surface area contributed by atoms with Gasteiger partial charge in [-0.05, 0) is 44.9 Å². The van der Waals surface area contributed by atoms with Crippen LogP contribution in [0.1, 0.15) is 55.8 Å². The van der Waals surface area contributed by atoms with Crippen molar-refractivity contribution in [2.24, 2.45) is 0 Å². The standard InChI is InChI=1S/C14H23NOS/c1-4-17-9-11(3)15-10(2)8-12-13(15)6-5-7-14(12)16/h8,11,14,16H,4-7,9H2,1-3H3. The monoisotopic (exact) mass is 253 g/mol. The Bertz CT molecular complexity index is 386. The van der Waals surface area contributed by atoms with Gasteiger partial charge in [0.25, 0.3) is 0 Å². The lowest BCUT2D eigenvalue weighted by atomic mass is 9.95. The van der Waals surface area contributed by atoms with Crippen molar-refractivity contribution in [2.45, 2.75) is 52.2 Å². The van der Waals surface area contributed by atoms with E-state index in [1.807, 2.05) is 11.8 Å². The fourth-order valence-corrected chi connectivity index (χ4v) is 3.60. The van der Waals surface area contributed by atoms with Crippen LogP contribution in [-0.4, -0.2) is 21.2 Å². The number of rotatable bonds is 4. The molecule has 2 rings (SSSR count). The molecule has 2 nitrogen and oxygen atoms in total. The fourth-order valence-electron chi connectivity index (χ4n) is 2.88. The van der Waals surface area contributed by atoms with E-state index in [2.05, 4.69) is 31.4 Å². The van der Waals surface area contributed by atoms with Crippen molar-refractivity contribution in [3.8, 4) is 0 Å². The summed E-state index contributed by atoms with van der Waals surface area (Å²) < 4.78 is 2.44. The molecular formula is C14H23NOS. The minimum Gasteiger partial charge on any atom is -0.388 e. The van der Waals surface area contributed by atoms with E-state index in [0.717, 1.165) is 25.0 Å². The number of hydrogen-bond acceptors (Lipinski definition) is 2. The van der Waals surface area contributed by atoms with Crippen molar-refractivity contribution in [1.29, 1.82) is 0 Å². The van der Waals surface area contributed by atoms with Crippen molar-refractivity contribution in [1.82, 2.24) is 4.57 Å². The molecule has 1 heterocycles. The van der Waals surface area contributed by atoms with Crippen LogP contribution in [-0.2, 0) is 6.42 Å². The van der Waals surface area contributed by atoms with E-state index in [9.17, 15) is 5.11 Å². The number of aliphatic hydroxyl groups is 1. The van der Waals surface area contributed by atoms with Crippen LogP contribution in [0.3, 0.4) is 0 Å². The molecule has 0 saturated heterocycles. The van der Waals surface area contributed by atoms with Gasteiger partial charge in [-0.15, -0.1) is 0 Å². The highest BCUT2D eigenvalue weighted by Crippen LogP contribution is 2.34. The van der Waals surface area contributed by atoms with Crippen molar-refractivity contribution in [2.75, 3.05) is 11.5 Å². The SMILES string of the molecule is CCSCC(C)n1c(C)cc2c1CCCC2O. The summed E-state index contributed by atoms with van der Waals surface area (Å²) in [5.74, 6) is 2.34. The zero-order valence-corrected chi connectivity index (χ0v) is 11.9. The first kappa shape index (κ1) is 13.0. The number of aromatic nitrogens is 1. The molecule has 1 aromatic heterocycles. The molecule has 2 atom stereocenters. The maximum absolute atomic E-state index is 10.0. The number of fused-ring (bicyclic) bond motifs is 1. The summed E-state index contributed by atoms with van der Waals surface area (Å²) in [4.78, 5) is 0. The lowest BCUT2D eigenvalue weighted by molar-refractivity contribution is 0.155. The Morgan fingerprint density at radius 3 is 3.06 bits per heavy atom. The van der Waals surface area contributed by atoms with Crippen LogP contribution < -0.4 is 0 Å². The Balaban J connectivity index is 2.27. The van der Waals surface area contributed by atoms with Gasteiger partial charge in [0.2, 0.25) is 0 Å². The lowest BCUT2D eigenvalue weighted by Gasteiger charge is -2.24. The number of aliphatic hydroxyl groups excluding tert-OH is 1. The zero-order valence-electron chi connectivity index (χ0n) is 11.1. The summed E-state index contributed by atoms with van der Waals surface area (Å²) in [6, 6.07) is 2.72. The number of nitrogens with zero attached hydrogens (tertiary/aromatic N) is 1. The Morgan fingerprint density at radius 1 is 1.59 bits per heavy atom. The van der Waals surface area contributed by atoms with E-state index >= 15 is 0 Å². The average Bonchev–Trinajstić information content (AvgIpc) is 2.64. The number of aryl methyl sites for hydroxylation is 1. The molecule has 0 bridgehead atoms. The highest BCUT2D eigenvalue weighted by atomic mass is 32.2. The first-order valence-corrected chi connectivity index (χ1v) is 7.77. The minimum atomic E-state index is -0.232. The van der Waals surface area contributed by atoms with Crippen LogP contribution in [0.15, 0.2) is 6.07 Å².